The van der Waals surface area contributed by atoms with Gasteiger partial charge < -0.3 is 20.8 Å². The Hall–Kier alpha value is -2.32. The third-order valence-electron chi connectivity index (χ3n) is 1.94. The van der Waals surface area contributed by atoms with Crippen LogP contribution < -0.4 is 10.6 Å². The molecule has 10 heteroatoms. The van der Waals surface area contributed by atoms with Crippen LogP contribution in [0.1, 0.15) is 0 Å². The van der Waals surface area contributed by atoms with E-state index in [2.05, 4.69) is 0 Å². The second kappa shape index (κ2) is 6.22. The summed E-state index contributed by atoms with van der Waals surface area (Å²) in [6.45, 7) is 0. The summed E-state index contributed by atoms with van der Waals surface area (Å²) in [7, 11) is 0. The third kappa shape index (κ3) is 3.84. The molecular weight excluding hydrogens is 315 g/mol. The molecule has 0 aliphatic carbocycles. The fourth-order valence-corrected chi connectivity index (χ4v) is 1.51. The van der Waals surface area contributed by atoms with Gasteiger partial charge in [0.25, 0.3) is 0 Å². The fraction of sp³-hybridized carbons (Fsp3) is 0. The van der Waals surface area contributed by atoms with E-state index < -0.39 is 23.8 Å². The van der Waals surface area contributed by atoms with E-state index >= 15 is 0 Å². The molecule has 0 saturated heterocycles. The molecule has 0 unspecified atom stereocenters. The first-order chi connectivity index (χ1) is 9.22. The molecule has 4 N–H and O–H groups in total. The highest BCUT2D eigenvalue weighted by molar-refractivity contribution is 6.42. The monoisotopic (exact) mass is 320 g/mol. The Morgan fingerprint density at radius 2 is 1.10 bits per heavy atom. The highest BCUT2D eigenvalue weighted by Crippen LogP contribution is 2.32. The summed E-state index contributed by atoms with van der Waals surface area (Å²) in [4.78, 5) is 42.7. The Morgan fingerprint density at radius 3 is 1.35 bits per heavy atom. The molecule has 0 aliphatic rings. The molecule has 1 rings (SSSR count). The maximum atomic E-state index is 11.0. The van der Waals surface area contributed by atoms with Gasteiger partial charge in [-0.3, -0.25) is 9.59 Å². The van der Waals surface area contributed by atoms with Gasteiger partial charge in [-0.1, -0.05) is 23.2 Å². The van der Waals surface area contributed by atoms with Crippen LogP contribution in [0.2, 0.25) is 10.0 Å². The second-order valence-electron chi connectivity index (χ2n) is 3.33. The second-order valence-corrected chi connectivity index (χ2v) is 4.14. The van der Waals surface area contributed by atoms with Crippen molar-refractivity contribution in [3.63, 3.8) is 0 Å². The van der Waals surface area contributed by atoms with Crippen molar-refractivity contribution < 1.29 is 29.4 Å². The van der Waals surface area contributed by atoms with Crippen molar-refractivity contribution in [1.82, 2.24) is 0 Å². The molecule has 106 valence electrons. The first kappa shape index (κ1) is 15.7. The lowest BCUT2D eigenvalue weighted by Crippen LogP contribution is -2.23. The van der Waals surface area contributed by atoms with E-state index in [1.165, 1.54) is 0 Å². The van der Waals surface area contributed by atoms with Gasteiger partial charge in [0, 0.05) is 0 Å². The number of benzene rings is 1. The number of carbonyl (C=O) groups excluding carboxylic acids is 2. The van der Waals surface area contributed by atoms with E-state index in [4.69, 9.17) is 33.4 Å². The van der Waals surface area contributed by atoms with Crippen molar-refractivity contribution in [2.45, 2.75) is 0 Å². The fourth-order valence-electron chi connectivity index (χ4n) is 1.09. The van der Waals surface area contributed by atoms with Crippen LogP contribution in [0.4, 0.5) is 11.4 Å². The van der Waals surface area contributed by atoms with Crippen LogP contribution in [0.5, 0.6) is 0 Å². The Morgan fingerprint density at radius 1 is 0.800 bits per heavy atom. The number of carboxylic acids is 2. The summed E-state index contributed by atoms with van der Waals surface area (Å²) in [6.07, 6.45) is 0. The van der Waals surface area contributed by atoms with Gasteiger partial charge in [-0.05, 0) is 12.1 Å². The molecule has 0 aromatic heterocycles. The van der Waals surface area contributed by atoms with Crippen molar-refractivity contribution in [3.8, 4) is 0 Å². The van der Waals surface area contributed by atoms with Gasteiger partial charge in [0.1, 0.15) is 0 Å². The summed E-state index contributed by atoms with van der Waals surface area (Å²) >= 11 is 11.5. The number of halogens is 2. The van der Waals surface area contributed by atoms with Crippen molar-refractivity contribution in [2.75, 3.05) is 10.6 Å². The molecule has 0 bridgehead atoms. The average molecular weight is 321 g/mol. The molecule has 1 aromatic carbocycles. The van der Waals surface area contributed by atoms with Crippen LogP contribution in [-0.4, -0.2) is 34.0 Å². The zero-order valence-electron chi connectivity index (χ0n) is 9.44. The van der Waals surface area contributed by atoms with Gasteiger partial charge in [0.2, 0.25) is 0 Å². The van der Waals surface area contributed by atoms with Crippen LogP contribution in [0, 0.1) is 0 Å². The number of hydrogen-bond acceptors (Lipinski definition) is 4. The first-order valence-corrected chi connectivity index (χ1v) is 5.55. The van der Waals surface area contributed by atoms with Crippen molar-refractivity contribution in [3.05, 3.63) is 22.2 Å². The molecule has 1 aromatic rings. The maximum absolute atomic E-state index is 11.0. The highest BCUT2D eigenvalue weighted by Gasteiger charge is 2.17. The van der Waals surface area contributed by atoms with Crippen LogP contribution in [-0.2, 0) is 19.2 Å². The van der Waals surface area contributed by atoms with Gasteiger partial charge in [-0.2, -0.15) is 0 Å². The number of anilines is 2. The smallest absolute Gasteiger partial charge is 0.394 e. The molecule has 0 fully saturated rings. The number of nitrogens with one attached hydrogen (secondary N) is 2. The Bertz CT molecular complexity index is 562. The van der Waals surface area contributed by atoms with Gasteiger partial charge in [0.05, 0.1) is 21.4 Å². The lowest BCUT2D eigenvalue weighted by molar-refractivity contribution is -0.147. The van der Waals surface area contributed by atoms with Gasteiger partial charge in [-0.15, -0.1) is 0 Å². The van der Waals surface area contributed by atoms with E-state index in [9.17, 15) is 19.2 Å². The molecule has 0 aliphatic heterocycles. The topological polar surface area (TPSA) is 133 Å². The third-order valence-corrected chi connectivity index (χ3v) is 2.57. The number of carboxylic acid groups (broad SMARTS) is 2. The van der Waals surface area contributed by atoms with Crippen LogP contribution in [0.15, 0.2) is 12.1 Å². The maximum Gasteiger partial charge on any atom is 0.394 e. The van der Waals surface area contributed by atoms with Crippen molar-refractivity contribution >= 4 is 58.3 Å². The number of hydrogen-bond donors (Lipinski definition) is 4. The summed E-state index contributed by atoms with van der Waals surface area (Å²) in [5, 5.41) is 20.5. The first-order valence-electron chi connectivity index (χ1n) is 4.80. The highest BCUT2D eigenvalue weighted by atomic mass is 35.5. The standard InChI is InChI=1S/C10H6Cl2N2O6/c11-3-1-5(13-7(15)9(17)18)4(12)2-6(3)14-8(16)10(19)20/h1-2H,(H,13,15)(H,14,16)(H,17,18)(H,19,20). The molecule has 2 amide bonds. The minimum Gasteiger partial charge on any atom is -0.474 e. The van der Waals surface area contributed by atoms with E-state index in [-0.39, 0.29) is 21.4 Å². The Kier molecular flexibility index (Phi) is 4.89. The lowest BCUT2D eigenvalue weighted by atomic mass is 10.2. The summed E-state index contributed by atoms with van der Waals surface area (Å²) in [6, 6.07) is 2.14. The van der Waals surface area contributed by atoms with Gasteiger partial charge >= 0.3 is 23.8 Å². The zero-order valence-corrected chi connectivity index (χ0v) is 10.9. The number of aliphatic carboxylic acids is 2. The number of amides is 2. The van der Waals surface area contributed by atoms with E-state index in [0.29, 0.717) is 0 Å². The van der Waals surface area contributed by atoms with E-state index in [1.54, 1.807) is 0 Å². The summed E-state index contributed by atoms with van der Waals surface area (Å²) in [5.74, 6) is -6.10. The predicted molar refractivity (Wildman–Crippen MR) is 69.0 cm³/mol. The zero-order chi connectivity index (χ0) is 15.4. The van der Waals surface area contributed by atoms with E-state index in [1.807, 2.05) is 10.6 Å². The summed E-state index contributed by atoms with van der Waals surface area (Å²) < 4.78 is 0. The Labute approximate surface area is 121 Å². The molecule has 0 spiro atoms. The Balaban J connectivity index is 3.03. The van der Waals surface area contributed by atoms with Crippen molar-refractivity contribution in [1.29, 1.82) is 0 Å². The normalized spacial score (nSPS) is 9.70. The quantitative estimate of drug-likeness (QED) is 0.602. The van der Waals surface area contributed by atoms with Crippen LogP contribution in [0.3, 0.4) is 0 Å². The number of rotatable bonds is 2. The van der Waals surface area contributed by atoms with Gasteiger partial charge in [0.15, 0.2) is 0 Å². The molecule has 20 heavy (non-hydrogen) atoms. The lowest BCUT2D eigenvalue weighted by Gasteiger charge is -2.10. The molecule has 8 nitrogen and oxygen atoms in total. The molecular formula is C10H6Cl2N2O6. The van der Waals surface area contributed by atoms with E-state index in [0.717, 1.165) is 12.1 Å². The minimum atomic E-state index is -1.72. The number of carbonyl (C=O) groups is 4. The van der Waals surface area contributed by atoms with Crippen LogP contribution in [0.25, 0.3) is 0 Å². The molecule has 0 saturated carbocycles. The average Bonchev–Trinajstić information content (AvgIpc) is 2.34. The molecule has 0 radical (unpaired) electrons. The molecule has 0 atom stereocenters. The predicted octanol–water partition coefficient (Wildman–Crippen LogP) is 1.04. The SMILES string of the molecule is O=C(O)C(=O)Nc1cc(Cl)c(NC(=O)C(=O)O)cc1Cl. The molecule has 0 heterocycles. The largest absolute Gasteiger partial charge is 0.474 e. The minimum absolute atomic E-state index is 0.0996. The van der Waals surface area contributed by atoms with Gasteiger partial charge in [-0.25, -0.2) is 9.59 Å². The van der Waals surface area contributed by atoms with Crippen molar-refractivity contribution in [2.24, 2.45) is 0 Å². The van der Waals surface area contributed by atoms with Crippen LogP contribution >= 0.6 is 23.2 Å². The summed E-state index contributed by atoms with van der Waals surface area (Å²) in [5.41, 5.74) is -0.199.